The highest BCUT2D eigenvalue weighted by Crippen LogP contribution is 2.34. The van der Waals surface area contributed by atoms with E-state index < -0.39 is 18.5 Å². The van der Waals surface area contributed by atoms with Crippen LogP contribution in [0.3, 0.4) is 0 Å². The molecule has 4 aromatic rings. The zero-order chi connectivity index (χ0) is 20.0. The van der Waals surface area contributed by atoms with E-state index >= 15 is 0 Å². The molecule has 0 radical (unpaired) electrons. The third kappa shape index (κ3) is 2.84. The van der Waals surface area contributed by atoms with Crippen LogP contribution in [0.4, 0.5) is 8.78 Å². The Labute approximate surface area is 163 Å². The number of alkyl halides is 2. The van der Waals surface area contributed by atoms with Gasteiger partial charge in [0.15, 0.2) is 0 Å². The summed E-state index contributed by atoms with van der Waals surface area (Å²) in [6.45, 7) is -2.59. The highest BCUT2D eigenvalue weighted by Gasteiger charge is 2.37. The third-order valence-corrected chi connectivity index (χ3v) is 5.05. The molecule has 0 saturated carbocycles. The molecule has 0 bridgehead atoms. The third-order valence-electron chi connectivity index (χ3n) is 5.05. The standard InChI is InChI=1S/C19H15F2N7O/c20-19(21)28-15(5-7-24-28)18(29)27-8-6-13-16(23-10-22-13)17(27)14-9-11-3-1-2-4-12(11)25-26-14/h1-5,7,9-10,17,19H,6,8H2,(H,22,23)/t17-/m1/s1. The fraction of sp³-hybridized carbons (Fsp3) is 0.211. The van der Waals surface area contributed by atoms with Gasteiger partial charge in [0.1, 0.15) is 11.7 Å². The molecule has 146 valence electrons. The summed E-state index contributed by atoms with van der Waals surface area (Å²) in [5.41, 5.74) is 2.59. The van der Waals surface area contributed by atoms with E-state index in [-0.39, 0.29) is 5.69 Å². The molecule has 3 aromatic heterocycles. The molecule has 1 aliphatic heterocycles. The number of halogens is 2. The van der Waals surface area contributed by atoms with E-state index in [1.807, 2.05) is 30.3 Å². The average Bonchev–Trinajstić information content (AvgIpc) is 3.41. The predicted octanol–water partition coefficient (Wildman–Crippen LogP) is 2.73. The van der Waals surface area contributed by atoms with Crippen molar-refractivity contribution in [2.45, 2.75) is 19.0 Å². The van der Waals surface area contributed by atoms with E-state index in [0.29, 0.717) is 29.0 Å². The van der Waals surface area contributed by atoms with Gasteiger partial charge < -0.3 is 9.88 Å². The molecule has 4 heterocycles. The molecule has 1 N–H and O–H groups in total. The SMILES string of the molecule is O=C(c1ccnn1C(F)F)N1CCc2[nH]cnc2[C@H]1c1cc2ccccc2nn1. The van der Waals surface area contributed by atoms with Crippen LogP contribution in [0.2, 0.25) is 0 Å². The van der Waals surface area contributed by atoms with Crippen LogP contribution in [0.1, 0.15) is 40.2 Å². The Kier molecular flexibility index (Phi) is 4.04. The summed E-state index contributed by atoms with van der Waals surface area (Å²) in [4.78, 5) is 22.2. The van der Waals surface area contributed by atoms with Gasteiger partial charge in [-0.15, -0.1) is 0 Å². The molecular weight excluding hydrogens is 380 g/mol. The van der Waals surface area contributed by atoms with E-state index in [0.717, 1.165) is 16.6 Å². The first kappa shape index (κ1) is 17.4. The second-order valence-electron chi connectivity index (χ2n) is 6.68. The summed E-state index contributed by atoms with van der Waals surface area (Å²) >= 11 is 0. The van der Waals surface area contributed by atoms with Crippen molar-refractivity contribution in [3.8, 4) is 0 Å². The van der Waals surface area contributed by atoms with Gasteiger partial charge in [-0.2, -0.15) is 28.8 Å². The van der Waals surface area contributed by atoms with E-state index in [9.17, 15) is 13.6 Å². The quantitative estimate of drug-likeness (QED) is 0.576. The molecule has 0 saturated heterocycles. The lowest BCUT2D eigenvalue weighted by Crippen LogP contribution is -2.42. The van der Waals surface area contributed by atoms with Gasteiger partial charge in [-0.05, 0) is 18.2 Å². The number of aromatic nitrogens is 6. The maximum atomic E-state index is 13.3. The number of carbonyl (C=O) groups is 1. The Balaban J connectivity index is 1.62. The number of nitrogens with one attached hydrogen (secondary N) is 1. The lowest BCUT2D eigenvalue weighted by molar-refractivity contribution is 0.0441. The van der Waals surface area contributed by atoms with Gasteiger partial charge in [-0.1, -0.05) is 18.2 Å². The van der Waals surface area contributed by atoms with E-state index in [2.05, 4.69) is 25.3 Å². The van der Waals surface area contributed by atoms with Crippen LogP contribution in [0.25, 0.3) is 10.9 Å². The van der Waals surface area contributed by atoms with Crippen molar-refractivity contribution < 1.29 is 13.6 Å². The van der Waals surface area contributed by atoms with Crippen LogP contribution < -0.4 is 0 Å². The number of carbonyl (C=O) groups excluding carboxylic acids is 1. The van der Waals surface area contributed by atoms with Gasteiger partial charge in [0.25, 0.3) is 5.91 Å². The van der Waals surface area contributed by atoms with Crippen LogP contribution in [-0.4, -0.2) is 47.3 Å². The topological polar surface area (TPSA) is 92.6 Å². The Hall–Kier alpha value is -3.69. The smallest absolute Gasteiger partial charge is 0.333 e. The molecule has 10 heteroatoms. The summed E-state index contributed by atoms with van der Waals surface area (Å²) < 4.78 is 26.9. The number of imidazole rings is 1. The minimum atomic E-state index is -2.91. The minimum absolute atomic E-state index is 0.183. The van der Waals surface area contributed by atoms with E-state index in [1.54, 1.807) is 6.33 Å². The van der Waals surface area contributed by atoms with Crippen LogP contribution in [0, 0.1) is 0 Å². The van der Waals surface area contributed by atoms with Crippen LogP contribution in [0.15, 0.2) is 48.9 Å². The molecule has 1 amide bonds. The first-order valence-electron chi connectivity index (χ1n) is 9.00. The minimum Gasteiger partial charge on any atom is -0.348 e. The van der Waals surface area contributed by atoms with E-state index in [1.165, 1.54) is 17.2 Å². The number of aromatic amines is 1. The van der Waals surface area contributed by atoms with Gasteiger partial charge in [-0.25, -0.2) is 4.98 Å². The van der Waals surface area contributed by atoms with Crippen molar-refractivity contribution in [1.82, 2.24) is 34.8 Å². The number of hydrogen-bond acceptors (Lipinski definition) is 5. The summed E-state index contributed by atoms with van der Waals surface area (Å²) in [5, 5.41) is 13.0. The van der Waals surface area contributed by atoms with Crippen molar-refractivity contribution in [2.75, 3.05) is 6.54 Å². The molecule has 5 rings (SSSR count). The van der Waals surface area contributed by atoms with Crippen molar-refractivity contribution in [3.05, 3.63) is 71.7 Å². The number of rotatable bonds is 3. The average molecular weight is 395 g/mol. The molecule has 1 atom stereocenters. The number of fused-ring (bicyclic) bond motifs is 2. The predicted molar refractivity (Wildman–Crippen MR) is 98.2 cm³/mol. The maximum absolute atomic E-state index is 13.3. The first-order chi connectivity index (χ1) is 14.1. The lowest BCUT2D eigenvalue weighted by atomic mass is 9.98. The summed E-state index contributed by atoms with van der Waals surface area (Å²) in [6, 6.07) is 10.00. The Morgan fingerprint density at radius 1 is 1.21 bits per heavy atom. The molecular formula is C19H15F2N7O. The molecule has 1 aromatic carbocycles. The summed E-state index contributed by atoms with van der Waals surface area (Å²) in [6.07, 6.45) is 3.28. The van der Waals surface area contributed by atoms with Gasteiger partial charge in [0.05, 0.1) is 23.2 Å². The number of H-pyrrole nitrogens is 1. The summed E-state index contributed by atoms with van der Waals surface area (Å²) in [7, 11) is 0. The maximum Gasteiger partial charge on any atom is 0.333 e. The van der Waals surface area contributed by atoms with Crippen LogP contribution >= 0.6 is 0 Å². The summed E-state index contributed by atoms with van der Waals surface area (Å²) in [5.74, 6) is -0.559. The normalized spacial score (nSPS) is 16.4. The Morgan fingerprint density at radius 2 is 2.07 bits per heavy atom. The van der Waals surface area contributed by atoms with Gasteiger partial charge in [0, 0.05) is 30.2 Å². The van der Waals surface area contributed by atoms with Crippen molar-refractivity contribution in [2.24, 2.45) is 0 Å². The molecule has 0 unspecified atom stereocenters. The molecule has 29 heavy (non-hydrogen) atoms. The number of hydrogen-bond donors (Lipinski definition) is 1. The van der Waals surface area contributed by atoms with Crippen molar-refractivity contribution in [1.29, 1.82) is 0 Å². The highest BCUT2D eigenvalue weighted by atomic mass is 19.3. The molecule has 1 aliphatic rings. The second kappa shape index (κ2) is 6.73. The molecule has 8 nitrogen and oxygen atoms in total. The Morgan fingerprint density at radius 3 is 2.93 bits per heavy atom. The lowest BCUT2D eigenvalue weighted by Gasteiger charge is -2.34. The zero-order valence-electron chi connectivity index (χ0n) is 15.0. The highest BCUT2D eigenvalue weighted by molar-refractivity contribution is 5.93. The monoisotopic (exact) mass is 395 g/mol. The second-order valence-corrected chi connectivity index (χ2v) is 6.68. The van der Waals surface area contributed by atoms with Gasteiger partial charge in [-0.3, -0.25) is 4.79 Å². The molecule has 0 spiro atoms. The van der Waals surface area contributed by atoms with Gasteiger partial charge >= 0.3 is 6.55 Å². The van der Waals surface area contributed by atoms with Crippen LogP contribution in [-0.2, 0) is 6.42 Å². The number of amides is 1. The number of nitrogens with zero attached hydrogens (tertiary/aromatic N) is 6. The number of benzene rings is 1. The van der Waals surface area contributed by atoms with Crippen molar-refractivity contribution >= 4 is 16.8 Å². The fourth-order valence-corrected chi connectivity index (χ4v) is 3.72. The Bertz CT molecular complexity index is 1200. The molecule has 0 fully saturated rings. The van der Waals surface area contributed by atoms with Gasteiger partial charge in [0.2, 0.25) is 0 Å². The van der Waals surface area contributed by atoms with E-state index in [4.69, 9.17) is 0 Å². The molecule has 0 aliphatic carbocycles. The van der Waals surface area contributed by atoms with Crippen LogP contribution in [0.5, 0.6) is 0 Å². The largest absolute Gasteiger partial charge is 0.348 e. The zero-order valence-corrected chi connectivity index (χ0v) is 15.0. The first-order valence-corrected chi connectivity index (χ1v) is 9.00. The van der Waals surface area contributed by atoms with Crippen molar-refractivity contribution in [3.63, 3.8) is 0 Å². The fourth-order valence-electron chi connectivity index (χ4n) is 3.72.